The van der Waals surface area contributed by atoms with E-state index in [0.717, 1.165) is 89.3 Å². The normalized spacial score (nSPS) is 11.1. The van der Waals surface area contributed by atoms with Gasteiger partial charge >= 0.3 is 0 Å². The highest BCUT2D eigenvalue weighted by molar-refractivity contribution is 6.20. The van der Waals surface area contributed by atoms with Crippen LogP contribution in [0.2, 0.25) is 0 Å². The van der Waals surface area contributed by atoms with E-state index in [0.29, 0.717) is 11.1 Å². The molecule has 290 valence electrons. The lowest BCUT2D eigenvalue weighted by atomic mass is 9.89. The largest absolute Gasteiger partial charge is 0.311 e. The Kier molecular flexibility index (Phi) is 9.96. The van der Waals surface area contributed by atoms with Gasteiger partial charge in [-0.25, -0.2) is 4.98 Å². The Balaban J connectivity index is 1.09. The second-order valence-corrected chi connectivity index (χ2v) is 15.0. The molecular weight excluding hydrogens is 755 g/mol. The zero-order chi connectivity index (χ0) is 41.8. The first-order valence-corrected chi connectivity index (χ1v) is 20.5. The number of anilines is 3. The first kappa shape index (κ1) is 37.5. The van der Waals surface area contributed by atoms with E-state index in [4.69, 9.17) is 4.98 Å². The summed E-state index contributed by atoms with van der Waals surface area (Å²) in [6.45, 7) is 0. The van der Waals surface area contributed by atoms with Crippen LogP contribution < -0.4 is 4.90 Å². The number of nitriles is 2. The van der Waals surface area contributed by atoms with Gasteiger partial charge in [0.2, 0.25) is 0 Å². The molecule has 0 spiro atoms. The summed E-state index contributed by atoms with van der Waals surface area (Å²) in [6, 6.07) is 77.0. The maximum absolute atomic E-state index is 9.69. The Morgan fingerprint density at radius 2 is 0.839 bits per heavy atom. The van der Waals surface area contributed by atoms with Gasteiger partial charge in [0, 0.05) is 39.4 Å². The zero-order valence-electron chi connectivity index (χ0n) is 33.6. The summed E-state index contributed by atoms with van der Waals surface area (Å²) >= 11 is 0. The van der Waals surface area contributed by atoms with Crippen LogP contribution in [0.25, 0.3) is 73.3 Å². The van der Waals surface area contributed by atoms with Crippen LogP contribution in [0.4, 0.5) is 17.1 Å². The number of benzene rings is 9. The van der Waals surface area contributed by atoms with E-state index in [-0.39, 0.29) is 0 Å². The minimum Gasteiger partial charge on any atom is -0.311 e. The second-order valence-electron chi connectivity index (χ2n) is 15.0. The van der Waals surface area contributed by atoms with Crippen molar-refractivity contribution in [1.82, 2.24) is 9.55 Å². The maximum atomic E-state index is 9.69. The minimum absolute atomic E-state index is 0.600. The van der Waals surface area contributed by atoms with Crippen molar-refractivity contribution in [2.45, 2.75) is 0 Å². The average molecular weight is 792 g/mol. The van der Waals surface area contributed by atoms with Gasteiger partial charge in [-0.3, -0.25) is 4.57 Å². The predicted octanol–water partition coefficient (Wildman–Crippen LogP) is 14.6. The van der Waals surface area contributed by atoms with Gasteiger partial charge in [0.1, 0.15) is 5.82 Å². The van der Waals surface area contributed by atoms with Gasteiger partial charge in [0.25, 0.3) is 0 Å². The van der Waals surface area contributed by atoms with Crippen molar-refractivity contribution >= 4 is 51.0 Å². The molecule has 0 aliphatic heterocycles. The second kappa shape index (κ2) is 16.5. The van der Waals surface area contributed by atoms with E-state index in [1.54, 1.807) is 0 Å². The van der Waals surface area contributed by atoms with Crippen molar-refractivity contribution in [3.8, 4) is 51.5 Å². The standard InChI is InChI=1S/C57H37N5/c58-38-42-24-30-44(31-25-42)53-51-18-10-11-19-52(51)54(45-32-26-43(39-59)27-33-45)56-55(53)60-57(62(56)49-16-8-3-9-17-49)46-34-22-40(23-35-46)20-21-41-28-36-50(37-29-41)61(47-12-4-1-5-13-47)48-14-6-2-7-15-48/h1-37H/b21-20+. The highest BCUT2D eigenvalue weighted by Crippen LogP contribution is 2.46. The van der Waals surface area contributed by atoms with Gasteiger partial charge < -0.3 is 4.90 Å². The fourth-order valence-electron chi connectivity index (χ4n) is 8.30. The van der Waals surface area contributed by atoms with E-state index in [1.807, 2.05) is 66.7 Å². The summed E-state index contributed by atoms with van der Waals surface area (Å²) in [6.07, 6.45) is 4.29. The van der Waals surface area contributed by atoms with Crippen LogP contribution in [-0.4, -0.2) is 9.55 Å². The molecule has 0 amide bonds. The van der Waals surface area contributed by atoms with Crippen molar-refractivity contribution in [2.75, 3.05) is 4.90 Å². The molecular formula is C57H37N5. The summed E-state index contributed by atoms with van der Waals surface area (Å²) in [5, 5.41) is 21.5. The molecule has 10 aromatic rings. The van der Waals surface area contributed by atoms with Crippen LogP contribution in [0.3, 0.4) is 0 Å². The molecule has 0 bridgehead atoms. The Labute approximate surface area is 360 Å². The number of hydrogen-bond acceptors (Lipinski definition) is 4. The Hall–Kier alpha value is -8.77. The topological polar surface area (TPSA) is 68.6 Å². The molecule has 1 heterocycles. The Bertz CT molecular complexity index is 3260. The summed E-state index contributed by atoms with van der Waals surface area (Å²) in [5.74, 6) is 0.804. The van der Waals surface area contributed by atoms with E-state index < -0.39 is 0 Å². The number of para-hydroxylation sites is 3. The first-order chi connectivity index (χ1) is 30.7. The van der Waals surface area contributed by atoms with Crippen LogP contribution in [0, 0.1) is 22.7 Å². The lowest BCUT2D eigenvalue weighted by Gasteiger charge is -2.25. The number of aromatic nitrogens is 2. The highest BCUT2D eigenvalue weighted by atomic mass is 15.1. The van der Waals surface area contributed by atoms with Gasteiger partial charge in [-0.1, -0.05) is 152 Å². The van der Waals surface area contributed by atoms with Gasteiger partial charge in [-0.05, 0) is 106 Å². The van der Waals surface area contributed by atoms with Gasteiger partial charge in [0.15, 0.2) is 0 Å². The fourth-order valence-corrected chi connectivity index (χ4v) is 8.30. The smallest absolute Gasteiger partial charge is 0.145 e. The van der Waals surface area contributed by atoms with Gasteiger partial charge in [-0.2, -0.15) is 10.5 Å². The molecule has 62 heavy (non-hydrogen) atoms. The number of nitrogens with zero attached hydrogens (tertiary/aromatic N) is 5. The molecule has 0 radical (unpaired) electrons. The lowest BCUT2D eigenvalue weighted by Crippen LogP contribution is -2.09. The van der Waals surface area contributed by atoms with Crippen LogP contribution in [0.1, 0.15) is 22.3 Å². The SMILES string of the molecule is N#Cc1ccc(-c2c3ccccc3c(-c3ccc(C#N)cc3)c3c2nc(-c2ccc(/C=C/c4ccc(N(c5ccccc5)c5ccccc5)cc4)cc2)n3-c2ccccc2)cc1. The van der Waals surface area contributed by atoms with E-state index in [2.05, 4.69) is 179 Å². The predicted molar refractivity (Wildman–Crippen MR) is 254 cm³/mol. The van der Waals surface area contributed by atoms with Crippen LogP contribution in [0.5, 0.6) is 0 Å². The third kappa shape index (κ3) is 7.07. The molecule has 5 nitrogen and oxygen atoms in total. The van der Waals surface area contributed by atoms with Crippen molar-refractivity contribution in [3.05, 3.63) is 235 Å². The summed E-state index contributed by atoms with van der Waals surface area (Å²) in [7, 11) is 0. The van der Waals surface area contributed by atoms with Crippen LogP contribution >= 0.6 is 0 Å². The van der Waals surface area contributed by atoms with Crippen LogP contribution in [-0.2, 0) is 0 Å². The molecule has 0 aliphatic carbocycles. The zero-order valence-corrected chi connectivity index (χ0v) is 33.6. The minimum atomic E-state index is 0.600. The van der Waals surface area contributed by atoms with Crippen molar-refractivity contribution < 1.29 is 0 Å². The fraction of sp³-hybridized carbons (Fsp3) is 0. The molecule has 0 atom stereocenters. The van der Waals surface area contributed by atoms with Crippen molar-refractivity contribution in [2.24, 2.45) is 0 Å². The van der Waals surface area contributed by atoms with Crippen molar-refractivity contribution in [3.63, 3.8) is 0 Å². The third-order valence-corrected chi connectivity index (χ3v) is 11.3. The molecule has 0 unspecified atom stereocenters. The van der Waals surface area contributed by atoms with Crippen LogP contribution in [0.15, 0.2) is 212 Å². The van der Waals surface area contributed by atoms with E-state index in [9.17, 15) is 10.5 Å². The molecule has 0 saturated carbocycles. The van der Waals surface area contributed by atoms with E-state index in [1.165, 1.54) is 0 Å². The maximum Gasteiger partial charge on any atom is 0.145 e. The van der Waals surface area contributed by atoms with E-state index >= 15 is 0 Å². The highest BCUT2D eigenvalue weighted by Gasteiger charge is 2.25. The Morgan fingerprint density at radius 1 is 0.419 bits per heavy atom. The lowest BCUT2D eigenvalue weighted by molar-refractivity contribution is 1.10. The average Bonchev–Trinajstić information content (AvgIpc) is 3.74. The third-order valence-electron chi connectivity index (χ3n) is 11.3. The summed E-state index contributed by atoms with van der Waals surface area (Å²) < 4.78 is 2.27. The molecule has 1 aromatic heterocycles. The van der Waals surface area contributed by atoms with Gasteiger partial charge in [0.05, 0.1) is 34.3 Å². The summed E-state index contributed by atoms with van der Waals surface area (Å²) in [5.41, 5.74) is 14.4. The number of fused-ring (bicyclic) bond motifs is 2. The number of hydrogen-bond donors (Lipinski definition) is 0. The molecule has 0 aliphatic rings. The molecule has 10 rings (SSSR count). The van der Waals surface area contributed by atoms with Gasteiger partial charge in [-0.15, -0.1) is 0 Å². The summed E-state index contributed by atoms with van der Waals surface area (Å²) in [4.78, 5) is 7.82. The number of rotatable bonds is 9. The molecule has 0 N–H and O–H groups in total. The molecule has 5 heteroatoms. The monoisotopic (exact) mass is 791 g/mol. The molecule has 0 fully saturated rings. The first-order valence-electron chi connectivity index (χ1n) is 20.5. The quantitative estimate of drug-likeness (QED) is 0.137. The molecule has 0 saturated heterocycles. The molecule has 9 aromatic carbocycles. The number of imidazole rings is 1. The Morgan fingerprint density at radius 3 is 1.35 bits per heavy atom. The van der Waals surface area contributed by atoms with Crippen molar-refractivity contribution in [1.29, 1.82) is 10.5 Å².